The largest absolute Gasteiger partial charge is 0.317 e. The first kappa shape index (κ1) is 15.6. The Balaban J connectivity index is 1.38. The van der Waals surface area contributed by atoms with E-state index in [1.54, 1.807) is 4.90 Å². The lowest BCUT2D eigenvalue weighted by molar-refractivity contribution is -0.132. The molecule has 2 unspecified atom stereocenters. The molecule has 1 aliphatic carbocycles. The zero-order chi connectivity index (χ0) is 15.8. The highest BCUT2D eigenvalue weighted by atomic mass is 32.2. The minimum atomic E-state index is 0.0412. The van der Waals surface area contributed by atoms with Crippen molar-refractivity contribution < 1.29 is 4.79 Å². The van der Waals surface area contributed by atoms with Gasteiger partial charge in [0.05, 0.1) is 5.92 Å². The Morgan fingerprint density at radius 1 is 1.13 bits per heavy atom. The summed E-state index contributed by atoms with van der Waals surface area (Å²) < 4.78 is 0. The molecule has 3 aliphatic heterocycles. The third kappa shape index (κ3) is 2.94. The third-order valence-corrected chi connectivity index (χ3v) is 7.76. The molecule has 0 aromatic rings. The summed E-state index contributed by atoms with van der Waals surface area (Å²) in [4.78, 5) is 16.6. The maximum Gasteiger partial charge on any atom is 0.229 e. The quantitative estimate of drug-likeness (QED) is 0.781. The molecule has 126 valence electrons. The van der Waals surface area contributed by atoms with E-state index < -0.39 is 0 Å². The number of likely N-dealkylation sites (tertiary alicyclic amines) is 2. The number of thioether (sulfide) groups is 1. The number of carbonyl (C=O) groups excluding carboxylic acids is 1. The molecule has 0 bridgehead atoms. The summed E-state index contributed by atoms with van der Waals surface area (Å²) in [7, 11) is 0. The number of hydrogen-bond donors (Lipinski definition) is 1. The number of nitriles is 1. The Hall–Kier alpha value is -0.930. The van der Waals surface area contributed by atoms with Crippen molar-refractivity contribution in [2.75, 3.05) is 26.2 Å². The van der Waals surface area contributed by atoms with E-state index in [1.165, 1.54) is 32.1 Å². The molecular weight excluding hydrogens is 308 g/mol. The molecule has 4 fully saturated rings. The number of hydrogen-bond acceptors (Lipinski definition) is 5. The predicted molar refractivity (Wildman–Crippen MR) is 90.2 cm³/mol. The van der Waals surface area contributed by atoms with E-state index in [1.807, 2.05) is 11.8 Å². The first-order valence-corrected chi connectivity index (χ1v) is 10.0. The highest BCUT2D eigenvalue weighted by Gasteiger charge is 2.47. The molecular formula is C17H26N4OS. The van der Waals surface area contributed by atoms with Gasteiger partial charge in [-0.1, -0.05) is 19.3 Å². The van der Waals surface area contributed by atoms with Crippen LogP contribution in [-0.2, 0) is 4.79 Å². The van der Waals surface area contributed by atoms with Crippen LogP contribution >= 0.6 is 11.8 Å². The van der Waals surface area contributed by atoms with Crippen molar-refractivity contribution in [3.63, 3.8) is 0 Å². The third-order valence-electron chi connectivity index (χ3n) is 6.18. The zero-order valence-electron chi connectivity index (χ0n) is 13.6. The first-order valence-electron chi connectivity index (χ1n) is 9.10. The molecule has 6 heteroatoms. The molecule has 1 saturated carbocycles. The lowest BCUT2D eigenvalue weighted by Gasteiger charge is -2.28. The first-order chi connectivity index (χ1) is 11.3. The number of amides is 1. The zero-order valence-corrected chi connectivity index (χ0v) is 14.4. The topological polar surface area (TPSA) is 59.4 Å². The second kappa shape index (κ2) is 6.52. The van der Waals surface area contributed by atoms with Crippen LogP contribution in [0.2, 0.25) is 0 Å². The number of fused-ring (bicyclic) bond motifs is 1. The van der Waals surface area contributed by atoms with Crippen LogP contribution in [0.4, 0.5) is 0 Å². The van der Waals surface area contributed by atoms with Crippen molar-refractivity contribution in [3.05, 3.63) is 0 Å². The van der Waals surface area contributed by atoms with E-state index in [-0.39, 0.29) is 17.3 Å². The molecule has 3 saturated heterocycles. The fourth-order valence-electron chi connectivity index (χ4n) is 4.80. The predicted octanol–water partition coefficient (Wildman–Crippen LogP) is 1.82. The summed E-state index contributed by atoms with van der Waals surface area (Å²) in [5.74, 6) is 1.59. The maximum atomic E-state index is 12.8. The average molecular weight is 334 g/mol. The molecule has 0 radical (unpaired) electrons. The van der Waals surface area contributed by atoms with E-state index in [4.69, 9.17) is 5.26 Å². The van der Waals surface area contributed by atoms with Crippen LogP contribution in [-0.4, -0.2) is 52.6 Å². The molecule has 1 N–H and O–H groups in total. The normalized spacial score (nSPS) is 38.7. The van der Waals surface area contributed by atoms with Gasteiger partial charge >= 0.3 is 0 Å². The van der Waals surface area contributed by atoms with E-state index in [0.717, 1.165) is 32.0 Å². The Morgan fingerprint density at radius 2 is 1.96 bits per heavy atom. The van der Waals surface area contributed by atoms with Crippen LogP contribution in [0.25, 0.3) is 0 Å². The van der Waals surface area contributed by atoms with Crippen molar-refractivity contribution in [1.82, 2.24) is 15.1 Å². The van der Waals surface area contributed by atoms with E-state index >= 15 is 0 Å². The van der Waals surface area contributed by atoms with Gasteiger partial charge in [0.2, 0.25) is 5.91 Å². The summed E-state index contributed by atoms with van der Waals surface area (Å²) in [5.41, 5.74) is 0.163. The fourth-order valence-corrected chi connectivity index (χ4v) is 6.35. The van der Waals surface area contributed by atoms with Crippen LogP contribution in [0.15, 0.2) is 0 Å². The van der Waals surface area contributed by atoms with Gasteiger partial charge in [-0.25, -0.2) is 0 Å². The summed E-state index contributed by atoms with van der Waals surface area (Å²) >= 11 is 1.99. The Kier molecular flexibility index (Phi) is 4.42. The summed E-state index contributed by atoms with van der Waals surface area (Å²) in [5, 5.41) is 13.4. The minimum Gasteiger partial charge on any atom is -0.317 e. The van der Waals surface area contributed by atoms with Gasteiger partial charge in [-0.3, -0.25) is 10.1 Å². The lowest BCUT2D eigenvalue weighted by Crippen LogP contribution is -2.43. The number of rotatable bonds is 2. The van der Waals surface area contributed by atoms with Crippen molar-refractivity contribution in [1.29, 1.82) is 5.26 Å². The number of nitrogens with zero attached hydrogens (tertiary/aromatic N) is 3. The summed E-state index contributed by atoms with van der Waals surface area (Å²) in [6, 6.07) is 0. The molecule has 4 rings (SSSR count). The number of nitrogens with one attached hydrogen (secondary N) is 1. The van der Waals surface area contributed by atoms with Crippen molar-refractivity contribution in [3.8, 4) is 6.19 Å². The van der Waals surface area contributed by atoms with Gasteiger partial charge in [0, 0.05) is 31.4 Å². The van der Waals surface area contributed by atoms with Crippen LogP contribution in [0, 0.1) is 29.2 Å². The highest BCUT2D eigenvalue weighted by molar-refractivity contribution is 8.00. The van der Waals surface area contributed by atoms with Gasteiger partial charge in [-0.2, -0.15) is 5.26 Å². The van der Waals surface area contributed by atoms with Crippen LogP contribution < -0.4 is 5.32 Å². The van der Waals surface area contributed by atoms with Gasteiger partial charge in [0.15, 0.2) is 6.19 Å². The lowest BCUT2D eigenvalue weighted by atomic mass is 9.87. The number of carbonyl (C=O) groups is 1. The molecule has 5 nitrogen and oxygen atoms in total. The second-order valence-electron chi connectivity index (χ2n) is 7.53. The number of piperidine rings is 1. The van der Waals surface area contributed by atoms with E-state index in [0.29, 0.717) is 17.7 Å². The van der Waals surface area contributed by atoms with E-state index in [9.17, 15) is 4.79 Å². The Bertz CT molecular complexity index is 501. The Morgan fingerprint density at radius 3 is 2.74 bits per heavy atom. The standard InChI is InChI=1S/C17H26N4OS/c18-11-20-7-6-13-9-21(16(22)14(13)10-20)17-19-8-15(23-17)12-4-2-1-3-5-12/h12-15,17,19H,1-10H2/t13-,14-,15?,17?/m0/s1. The molecule has 4 atom stereocenters. The molecule has 0 spiro atoms. The average Bonchev–Trinajstić information content (AvgIpc) is 3.20. The van der Waals surface area contributed by atoms with Crippen molar-refractivity contribution in [2.45, 2.75) is 49.3 Å². The molecule has 3 heterocycles. The molecule has 1 amide bonds. The van der Waals surface area contributed by atoms with Crippen LogP contribution in [0.3, 0.4) is 0 Å². The van der Waals surface area contributed by atoms with Gasteiger partial charge < -0.3 is 9.80 Å². The minimum absolute atomic E-state index is 0.0412. The molecule has 4 aliphatic rings. The smallest absolute Gasteiger partial charge is 0.229 e. The van der Waals surface area contributed by atoms with Crippen LogP contribution in [0.5, 0.6) is 0 Å². The van der Waals surface area contributed by atoms with Gasteiger partial charge in [-0.05, 0) is 31.1 Å². The molecule has 0 aromatic heterocycles. The van der Waals surface area contributed by atoms with E-state index in [2.05, 4.69) is 16.4 Å². The Labute approximate surface area is 142 Å². The highest BCUT2D eigenvalue weighted by Crippen LogP contribution is 2.41. The molecule has 0 aromatic carbocycles. The summed E-state index contributed by atoms with van der Waals surface area (Å²) in [6.45, 7) is 3.36. The van der Waals surface area contributed by atoms with Gasteiger partial charge in [0.1, 0.15) is 5.50 Å². The van der Waals surface area contributed by atoms with Gasteiger partial charge in [0.25, 0.3) is 0 Å². The fraction of sp³-hybridized carbons (Fsp3) is 0.882. The van der Waals surface area contributed by atoms with Crippen molar-refractivity contribution in [2.24, 2.45) is 17.8 Å². The SMILES string of the molecule is N#CN1CC[C@H]2CN(C3NCC(C4CCCCC4)S3)C(=O)[C@H]2C1. The second-order valence-corrected chi connectivity index (χ2v) is 8.85. The van der Waals surface area contributed by atoms with Crippen molar-refractivity contribution >= 4 is 17.7 Å². The van der Waals surface area contributed by atoms with Crippen LogP contribution in [0.1, 0.15) is 38.5 Å². The maximum absolute atomic E-state index is 12.8. The summed E-state index contributed by atoms with van der Waals surface area (Å²) in [6.07, 6.45) is 10.1. The van der Waals surface area contributed by atoms with Gasteiger partial charge in [-0.15, -0.1) is 11.8 Å². The molecule has 23 heavy (non-hydrogen) atoms. The monoisotopic (exact) mass is 334 g/mol.